The van der Waals surface area contributed by atoms with E-state index in [0.717, 1.165) is 11.1 Å². The number of para-hydroxylation sites is 1. The van der Waals surface area contributed by atoms with Crippen LogP contribution in [0.4, 0.5) is 0 Å². The molecule has 2 rings (SSSR count). The van der Waals surface area contributed by atoms with Gasteiger partial charge >= 0.3 is 5.97 Å². The molecule has 84 valence electrons. The molecule has 0 spiro atoms. The fraction of sp³-hybridized carbons (Fsp3) is 0.333. The molecule has 1 aromatic heterocycles. The molecule has 0 fully saturated rings. The lowest BCUT2D eigenvalue weighted by molar-refractivity contribution is -0.144. The van der Waals surface area contributed by atoms with E-state index in [4.69, 9.17) is 9.15 Å². The third-order valence-electron chi connectivity index (χ3n) is 2.50. The molecule has 0 unspecified atom stereocenters. The molecule has 0 aliphatic carbocycles. The van der Waals surface area contributed by atoms with E-state index in [0.29, 0.717) is 12.2 Å². The molecule has 0 aliphatic heterocycles. The Bertz CT molecular complexity index is 504. The van der Waals surface area contributed by atoms with Crippen molar-refractivity contribution in [3.05, 3.63) is 30.2 Å². The van der Waals surface area contributed by atoms with Crippen LogP contribution in [-0.4, -0.2) is 17.6 Å². The van der Waals surface area contributed by atoms with Crippen molar-refractivity contribution in [3.63, 3.8) is 0 Å². The zero-order chi connectivity index (χ0) is 11.5. The van der Waals surface area contributed by atoms with E-state index in [1.807, 2.05) is 18.2 Å². The Morgan fingerprint density at radius 2 is 2.38 bits per heavy atom. The Morgan fingerprint density at radius 3 is 3.12 bits per heavy atom. The maximum atomic E-state index is 11.6. The summed E-state index contributed by atoms with van der Waals surface area (Å²) >= 11 is 0. The van der Waals surface area contributed by atoms with Gasteiger partial charge in [0.05, 0.1) is 12.5 Å². The highest BCUT2D eigenvalue weighted by Gasteiger charge is 2.19. The number of hydrogen-bond acceptors (Lipinski definition) is 4. The summed E-state index contributed by atoms with van der Waals surface area (Å²) in [7, 11) is 0. The molecule has 0 aliphatic rings. The second kappa shape index (κ2) is 4.35. The highest BCUT2D eigenvalue weighted by Crippen LogP contribution is 2.25. The van der Waals surface area contributed by atoms with Crippen LogP contribution in [0.1, 0.15) is 25.3 Å². The van der Waals surface area contributed by atoms with Crippen molar-refractivity contribution in [1.82, 2.24) is 4.98 Å². The van der Waals surface area contributed by atoms with Crippen LogP contribution in [0.15, 0.2) is 29.0 Å². The third-order valence-corrected chi connectivity index (χ3v) is 2.50. The van der Waals surface area contributed by atoms with Crippen molar-refractivity contribution in [3.8, 4) is 0 Å². The summed E-state index contributed by atoms with van der Waals surface area (Å²) in [4.78, 5) is 15.7. The molecule has 0 bridgehead atoms. The number of carbonyl (C=O) groups excluding carboxylic acids is 1. The van der Waals surface area contributed by atoms with Crippen molar-refractivity contribution in [2.75, 3.05) is 6.61 Å². The van der Waals surface area contributed by atoms with E-state index in [1.165, 1.54) is 6.39 Å². The van der Waals surface area contributed by atoms with Gasteiger partial charge in [0, 0.05) is 0 Å². The number of oxazole rings is 1. The van der Waals surface area contributed by atoms with Gasteiger partial charge in [0.2, 0.25) is 0 Å². The molecule has 1 atom stereocenters. The summed E-state index contributed by atoms with van der Waals surface area (Å²) in [6.45, 7) is 3.99. The van der Waals surface area contributed by atoms with Crippen LogP contribution in [0, 0.1) is 0 Å². The van der Waals surface area contributed by atoms with Crippen molar-refractivity contribution in [1.29, 1.82) is 0 Å². The van der Waals surface area contributed by atoms with Crippen LogP contribution in [-0.2, 0) is 9.53 Å². The summed E-state index contributed by atoms with van der Waals surface area (Å²) in [5, 5.41) is 0. The van der Waals surface area contributed by atoms with Gasteiger partial charge in [-0.1, -0.05) is 12.1 Å². The predicted molar refractivity (Wildman–Crippen MR) is 59.1 cm³/mol. The molecule has 0 N–H and O–H groups in total. The summed E-state index contributed by atoms with van der Waals surface area (Å²) in [6.07, 6.45) is 1.38. The van der Waals surface area contributed by atoms with Crippen molar-refractivity contribution < 1.29 is 13.9 Å². The maximum absolute atomic E-state index is 11.6. The summed E-state index contributed by atoms with van der Waals surface area (Å²) in [6, 6.07) is 5.54. The van der Waals surface area contributed by atoms with Crippen LogP contribution >= 0.6 is 0 Å². The van der Waals surface area contributed by atoms with Gasteiger partial charge in [-0.05, 0) is 25.5 Å². The number of aromatic nitrogens is 1. The molecule has 0 amide bonds. The number of benzene rings is 1. The average Bonchev–Trinajstić information content (AvgIpc) is 2.76. The van der Waals surface area contributed by atoms with E-state index in [1.54, 1.807) is 13.8 Å². The Labute approximate surface area is 93.2 Å². The first-order valence-corrected chi connectivity index (χ1v) is 5.22. The normalized spacial score (nSPS) is 12.6. The smallest absolute Gasteiger partial charge is 0.313 e. The molecule has 1 heterocycles. The maximum Gasteiger partial charge on any atom is 0.313 e. The van der Waals surface area contributed by atoms with Gasteiger partial charge in [-0.3, -0.25) is 4.79 Å². The second-order valence-corrected chi connectivity index (χ2v) is 3.52. The fourth-order valence-electron chi connectivity index (χ4n) is 1.65. The molecule has 1 aromatic carbocycles. The predicted octanol–water partition coefficient (Wildman–Crippen LogP) is 2.49. The molecule has 4 nitrogen and oxygen atoms in total. The molecule has 4 heteroatoms. The zero-order valence-corrected chi connectivity index (χ0v) is 9.27. The topological polar surface area (TPSA) is 52.3 Å². The first-order chi connectivity index (χ1) is 7.74. The van der Waals surface area contributed by atoms with Crippen LogP contribution in [0.5, 0.6) is 0 Å². The number of nitrogens with zero attached hydrogens (tertiary/aromatic N) is 1. The molecular weight excluding hydrogens is 206 g/mol. The molecule has 2 aromatic rings. The lowest BCUT2D eigenvalue weighted by Gasteiger charge is -2.10. The van der Waals surface area contributed by atoms with Gasteiger partial charge in [-0.15, -0.1) is 0 Å². The average molecular weight is 219 g/mol. The van der Waals surface area contributed by atoms with Gasteiger partial charge in [0.1, 0.15) is 5.52 Å². The summed E-state index contributed by atoms with van der Waals surface area (Å²) in [5.74, 6) is -0.563. The Balaban J connectivity index is 2.39. The van der Waals surface area contributed by atoms with Crippen LogP contribution in [0.25, 0.3) is 11.1 Å². The van der Waals surface area contributed by atoms with Crippen LogP contribution in [0.3, 0.4) is 0 Å². The Hall–Kier alpha value is -1.84. The number of carbonyl (C=O) groups is 1. The number of ether oxygens (including phenoxy) is 1. The molecule has 0 saturated carbocycles. The first-order valence-electron chi connectivity index (χ1n) is 5.22. The lowest BCUT2D eigenvalue weighted by atomic mass is 10.0. The Morgan fingerprint density at radius 1 is 1.56 bits per heavy atom. The van der Waals surface area contributed by atoms with E-state index in [9.17, 15) is 4.79 Å². The van der Waals surface area contributed by atoms with E-state index in [2.05, 4.69) is 4.98 Å². The number of esters is 1. The van der Waals surface area contributed by atoms with Crippen molar-refractivity contribution in [2.24, 2.45) is 0 Å². The van der Waals surface area contributed by atoms with Crippen molar-refractivity contribution >= 4 is 17.1 Å². The van der Waals surface area contributed by atoms with Gasteiger partial charge in [-0.25, -0.2) is 4.98 Å². The monoisotopic (exact) mass is 219 g/mol. The minimum Gasteiger partial charge on any atom is -0.466 e. The molecule has 16 heavy (non-hydrogen) atoms. The minimum atomic E-state index is -0.325. The largest absolute Gasteiger partial charge is 0.466 e. The Kier molecular flexibility index (Phi) is 2.90. The van der Waals surface area contributed by atoms with Crippen LogP contribution < -0.4 is 0 Å². The zero-order valence-electron chi connectivity index (χ0n) is 9.27. The highest BCUT2D eigenvalue weighted by atomic mass is 16.5. The summed E-state index contributed by atoms with van der Waals surface area (Å²) in [5.41, 5.74) is 2.25. The van der Waals surface area contributed by atoms with Gasteiger partial charge in [0.25, 0.3) is 0 Å². The van der Waals surface area contributed by atoms with Gasteiger partial charge in [-0.2, -0.15) is 0 Å². The van der Waals surface area contributed by atoms with Gasteiger partial charge < -0.3 is 9.15 Å². The molecule has 0 saturated heterocycles. The molecule has 0 radical (unpaired) electrons. The number of rotatable bonds is 3. The summed E-state index contributed by atoms with van der Waals surface area (Å²) < 4.78 is 10.2. The first kappa shape index (κ1) is 10.7. The minimum absolute atomic E-state index is 0.238. The lowest BCUT2D eigenvalue weighted by Crippen LogP contribution is -2.13. The fourth-order valence-corrected chi connectivity index (χ4v) is 1.65. The van der Waals surface area contributed by atoms with E-state index >= 15 is 0 Å². The SMILES string of the molecule is CCOC(=O)[C@H](C)c1cccc2ocnc12. The van der Waals surface area contributed by atoms with Crippen LogP contribution in [0.2, 0.25) is 0 Å². The standard InChI is InChI=1S/C12H13NO3/c1-3-15-12(14)8(2)9-5-4-6-10-11(9)13-7-16-10/h4-8H,3H2,1-2H3/t8-/m1/s1. The number of hydrogen-bond donors (Lipinski definition) is 0. The molecular formula is C12H13NO3. The third kappa shape index (κ3) is 1.78. The highest BCUT2D eigenvalue weighted by molar-refractivity contribution is 5.85. The van der Waals surface area contributed by atoms with Gasteiger partial charge in [0.15, 0.2) is 12.0 Å². The van der Waals surface area contributed by atoms with E-state index in [-0.39, 0.29) is 11.9 Å². The number of fused-ring (bicyclic) bond motifs is 1. The second-order valence-electron chi connectivity index (χ2n) is 3.52. The quantitative estimate of drug-likeness (QED) is 0.744. The van der Waals surface area contributed by atoms with E-state index < -0.39 is 0 Å². The van der Waals surface area contributed by atoms with Crippen molar-refractivity contribution in [2.45, 2.75) is 19.8 Å².